The minimum Gasteiger partial charge on any atom is -0.503 e. The Hall–Kier alpha value is -2.31. The average Bonchev–Trinajstić information content (AvgIpc) is 2.79. The molecule has 0 unspecified atom stereocenters. The highest BCUT2D eigenvalue weighted by molar-refractivity contribution is 5.97. The van der Waals surface area contributed by atoms with E-state index in [4.69, 9.17) is 18.9 Å². The number of hydrogen-bond donors (Lipinski definition) is 2. The molecule has 2 N–H and O–H groups in total. The van der Waals surface area contributed by atoms with Gasteiger partial charge >= 0.3 is 5.97 Å². The normalized spacial score (nSPS) is 10.8. The third kappa shape index (κ3) is 9.60. The van der Waals surface area contributed by atoms with E-state index in [0.29, 0.717) is 19.8 Å². The van der Waals surface area contributed by atoms with E-state index in [-0.39, 0.29) is 28.6 Å². The van der Waals surface area contributed by atoms with Gasteiger partial charge in [-0.1, -0.05) is 78.6 Å². The molecule has 0 aromatic heterocycles. The van der Waals surface area contributed by atoms with Gasteiger partial charge < -0.3 is 29.2 Å². The van der Waals surface area contributed by atoms with Gasteiger partial charge in [-0.3, -0.25) is 0 Å². The number of aromatic hydroxyl groups is 1. The number of hydrogen-bond acceptors (Lipinski definition) is 6. The number of rotatable bonds is 20. The third-order valence-electron chi connectivity index (χ3n) is 5.45. The zero-order valence-electron chi connectivity index (χ0n) is 21.0. The number of aromatic carboxylic acids is 1. The van der Waals surface area contributed by atoms with Crippen molar-refractivity contribution in [2.24, 2.45) is 0 Å². The van der Waals surface area contributed by atoms with Crippen LogP contribution in [0.4, 0.5) is 0 Å². The maximum absolute atomic E-state index is 12.1. The summed E-state index contributed by atoms with van der Waals surface area (Å²) in [5.41, 5.74) is -0.357. The summed E-state index contributed by atoms with van der Waals surface area (Å²) in [5, 5.41) is 20.6. The first kappa shape index (κ1) is 28.7. The molecular formula is C26H44O7. The summed E-state index contributed by atoms with van der Waals surface area (Å²) >= 11 is 0. The molecule has 0 spiro atoms. The van der Waals surface area contributed by atoms with Crippen molar-refractivity contribution >= 4 is 5.97 Å². The Labute approximate surface area is 199 Å². The van der Waals surface area contributed by atoms with E-state index >= 15 is 0 Å². The van der Waals surface area contributed by atoms with Gasteiger partial charge in [0.25, 0.3) is 0 Å². The smallest absolute Gasteiger partial charge is 0.343 e. The van der Waals surface area contributed by atoms with Crippen LogP contribution in [0.5, 0.6) is 28.7 Å². The minimum atomic E-state index is -1.31. The fraction of sp³-hybridized carbons (Fsp3) is 0.731. The van der Waals surface area contributed by atoms with Crippen molar-refractivity contribution in [3.05, 3.63) is 5.56 Å². The van der Waals surface area contributed by atoms with E-state index < -0.39 is 11.7 Å². The first-order valence-corrected chi connectivity index (χ1v) is 12.6. The quantitative estimate of drug-likeness (QED) is 0.199. The third-order valence-corrected chi connectivity index (χ3v) is 5.45. The molecule has 1 aromatic carbocycles. The van der Waals surface area contributed by atoms with Crippen LogP contribution in [0.1, 0.15) is 108 Å². The highest BCUT2D eigenvalue weighted by Gasteiger charge is 2.32. The maximum Gasteiger partial charge on any atom is 0.343 e. The Balaban J connectivity index is 3.29. The number of phenols is 1. The van der Waals surface area contributed by atoms with Crippen molar-refractivity contribution < 1.29 is 34.0 Å². The Morgan fingerprint density at radius 1 is 0.636 bits per heavy atom. The lowest BCUT2D eigenvalue weighted by Gasteiger charge is -2.22. The van der Waals surface area contributed by atoms with E-state index in [1.165, 1.54) is 7.11 Å². The molecule has 1 rings (SSSR count). The van der Waals surface area contributed by atoms with Crippen molar-refractivity contribution in [3.8, 4) is 28.7 Å². The maximum atomic E-state index is 12.1. The number of benzene rings is 1. The SMILES string of the molecule is CCCCCCOc1c(OC)c(O)c(C(=O)O)c(OCCCCCC)c1OCCCCCC. The Morgan fingerprint density at radius 2 is 1.03 bits per heavy atom. The van der Waals surface area contributed by atoms with Crippen LogP contribution >= 0.6 is 0 Å². The van der Waals surface area contributed by atoms with Gasteiger partial charge in [-0.15, -0.1) is 0 Å². The monoisotopic (exact) mass is 468 g/mol. The fourth-order valence-corrected chi connectivity index (χ4v) is 3.55. The molecule has 1 aromatic rings. The van der Waals surface area contributed by atoms with Gasteiger partial charge in [0.1, 0.15) is 0 Å². The van der Waals surface area contributed by atoms with E-state index in [0.717, 1.165) is 77.0 Å². The number of carbonyl (C=O) groups is 1. The second-order valence-corrected chi connectivity index (χ2v) is 8.28. The molecule has 0 aliphatic heterocycles. The second kappa shape index (κ2) is 17.2. The Bertz CT molecular complexity index is 688. The van der Waals surface area contributed by atoms with Crippen molar-refractivity contribution in [1.29, 1.82) is 0 Å². The topological polar surface area (TPSA) is 94.5 Å². The number of ether oxygens (including phenoxy) is 4. The molecular weight excluding hydrogens is 424 g/mol. The first-order chi connectivity index (χ1) is 16.0. The minimum absolute atomic E-state index is 0.0105. The molecule has 0 bridgehead atoms. The van der Waals surface area contributed by atoms with Crippen molar-refractivity contribution in [2.45, 2.75) is 97.8 Å². The van der Waals surface area contributed by atoms with Crippen LogP contribution in [0.2, 0.25) is 0 Å². The molecule has 0 fully saturated rings. The average molecular weight is 469 g/mol. The lowest BCUT2D eigenvalue weighted by atomic mass is 10.1. The lowest BCUT2D eigenvalue weighted by molar-refractivity contribution is 0.0686. The predicted molar refractivity (Wildman–Crippen MR) is 131 cm³/mol. The molecule has 0 heterocycles. The summed E-state index contributed by atoms with van der Waals surface area (Å²) < 4.78 is 23.3. The fourth-order valence-electron chi connectivity index (χ4n) is 3.55. The highest BCUT2D eigenvalue weighted by Crippen LogP contribution is 2.53. The molecule has 7 nitrogen and oxygen atoms in total. The zero-order chi connectivity index (χ0) is 24.5. The van der Waals surface area contributed by atoms with Crippen LogP contribution < -0.4 is 18.9 Å². The van der Waals surface area contributed by atoms with Crippen LogP contribution in [0.25, 0.3) is 0 Å². The van der Waals surface area contributed by atoms with Gasteiger partial charge in [-0.25, -0.2) is 4.79 Å². The first-order valence-electron chi connectivity index (χ1n) is 12.6. The molecule has 0 saturated heterocycles. The molecule has 0 aliphatic carbocycles. The van der Waals surface area contributed by atoms with E-state index in [2.05, 4.69) is 20.8 Å². The van der Waals surface area contributed by atoms with Gasteiger partial charge in [0, 0.05) is 0 Å². The summed E-state index contributed by atoms with van der Waals surface area (Å²) in [5.74, 6) is -1.43. The molecule has 0 aliphatic rings. The lowest BCUT2D eigenvalue weighted by Crippen LogP contribution is -2.12. The van der Waals surface area contributed by atoms with Crippen LogP contribution in [0.3, 0.4) is 0 Å². The van der Waals surface area contributed by atoms with Crippen LogP contribution in [-0.2, 0) is 0 Å². The molecule has 0 saturated carbocycles. The van der Waals surface area contributed by atoms with Crippen molar-refractivity contribution in [2.75, 3.05) is 26.9 Å². The van der Waals surface area contributed by atoms with Gasteiger partial charge in [-0.2, -0.15) is 0 Å². The summed E-state index contributed by atoms with van der Waals surface area (Å²) in [6.45, 7) is 7.53. The summed E-state index contributed by atoms with van der Waals surface area (Å²) in [6, 6.07) is 0. The number of methoxy groups -OCH3 is 1. The van der Waals surface area contributed by atoms with Crippen LogP contribution in [-0.4, -0.2) is 43.1 Å². The molecule has 190 valence electrons. The highest BCUT2D eigenvalue weighted by atomic mass is 16.6. The Kier molecular flexibility index (Phi) is 15.0. The van der Waals surface area contributed by atoms with Gasteiger partial charge in [-0.05, 0) is 19.3 Å². The Morgan fingerprint density at radius 3 is 1.39 bits per heavy atom. The second-order valence-electron chi connectivity index (χ2n) is 8.28. The zero-order valence-corrected chi connectivity index (χ0v) is 21.0. The number of carboxylic acid groups (broad SMARTS) is 1. The van der Waals surface area contributed by atoms with Gasteiger partial charge in [0.15, 0.2) is 17.1 Å². The number of unbranched alkanes of at least 4 members (excludes halogenated alkanes) is 9. The molecule has 7 heteroatoms. The molecule has 0 radical (unpaired) electrons. The summed E-state index contributed by atoms with van der Waals surface area (Å²) in [6.07, 6.45) is 12.0. The summed E-state index contributed by atoms with van der Waals surface area (Å²) in [7, 11) is 1.38. The van der Waals surface area contributed by atoms with Crippen LogP contribution in [0, 0.1) is 0 Å². The van der Waals surface area contributed by atoms with Crippen molar-refractivity contribution in [3.63, 3.8) is 0 Å². The van der Waals surface area contributed by atoms with E-state index in [1.54, 1.807) is 0 Å². The largest absolute Gasteiger partial charge is 0.503 e. The van der Waals surface area contributed by atoms with Gasteiger partial charge in [0.05, 0.1) is 26.9 Å². The summed E-state index contributed by atoms with van der Waals surface area (Å²) in [4.78, 5) is 12.1. The van der Waals surface area contributed by atoms with E-state index in [9.17, 15) is 15.0 Å². The number of carboxylic acids is 1. The molecule has 0 amide bonds. The standard InChI is InChI=1S/C26H44O7/c1-5-8-11-14-17-31-22-20(26(28)29)21(27)23(30-4)25(33-19-16-13-10-7-3)24(22)32-18-15-12-9-6-2/h27H,5-19H2,1-4H3,(H,28,29). The molecule has 33 heavy (non-hydrogen) atoms. The van der Waals surface area contributed by atoms with Gasteiger partial charge in [0.2, 0.25) is 17.2 Å². The predicted octanol–water partition coefficient (Wildman–Crippen LogP) is 6.98. The molecule has 0 atom stereocenters. The van der Waals surface area contributed by atoms with E-state index in [1.807, 2.05) is 0 Å². The van der Waals surface area contributed by atoms with Crippen LogP contribution in [0.15, 0.2) is 0 Å². The van der Waals surface area contributed by atoms with Crippen molar-refractivity contribution in [1.82, 2.24) is 0 Å².